The van der Waals surface area contributed by atoms with E-state index >= 15 is 0 Å². The van der Waals surface area contributed by atoms with Gasteiger partial charge in [-0.25, -0.2) is 4.98 Å². The van der Waals surface area contributed by atoms with Crippen LogP contribution in [0.5, 0.6) is 0 Å². The Morgan fingerprint density at radius 2 is 2.00 bits per heavy atom. The fourth-order valence-electron chi connectivity index (χ4n) is 0.618. The van der Waals surface area contributed by atoms with Gasteiger partial charge in [-0.2, -0.15) is 5.10 Å². The van der Waals surface area contributed by atoms with Crippen LogP contribution in [0, 0.1) is 6.92 Å². The molecule has 0 aliphatic heterocycles. The van der Waals surface area contributed by atoms with Crippen molar-refractivity contribution in [2.45, 2.75) is 26.7 Å². The van der Waals surface area contributed by atoms with Gasteiger partial charge in [0.25, 0.3) is 0 Å². The molecule has 3 nitrogen and oxygen atoms in total. The standard InChI is InChI=1S/C6H11N3.Y/c1-4(2)6-7-5(3)8-9-6;/h4H,1-3H3,(H,7,8,9);. The molecule has 0 saturated heterocycles. The molecule has 1 rings (SSSR count). The van der Waals surface area contributed by atoms with Crippen LogP contribution in [0.15, 0.2) is 0 Å². The minimum atomic E-state index is 0. The van der Waals surface area contributed by atoms with E-state index in [9.17, 15) is 0 Å². The zero-order valence-electron chi connectivity index (χ0n) is 6.55. The summed E-state index contributed by atoms with van der Waals surface area (Å²) < 4.78 is 0. The van der Waals surface area contributed by atoms with Crippen LogP contribution in [-0.4, -0.2) is 15.2 Å². The molecule has 0 atom stereocenters. The normalized spacial score (nSPS) is 9.60. The van der Waals surface area contributed by atoms with Crippen molar-refractivity contribution in [1.82, 2.24) is 15.2 Å². The maximum absolute atomic E-state index is 4.14. The van der Waals surface area contributed by atoms with Crippen LogP contribution in [0.4, 0.5) is 0 Å². The molecular formula is C6H11N3Y. The van der Waals surface area contributed by atoms with Gasteiger partial charge in [0.2, 0.25) is 0 Å². The molecule has 0 aromatic carbocycles. The molecule has 0 amide bonds. The molecule has 1 aromatic heterocycles. The van der Waals surface area contributed by atoms with Gasteiger partial charge in [-0.05, 0) is 6.92 Å². The molecule has 10 heavy (non-hydrogen) atoms. The number of hydrogen-bond acceptors (Lipinski definition) is 2. The van der Waals surface area contributed by atoms with Gasteiger partial charge in [0.05, 0.1) is 0 Å². The number of aromatic amines is 1. The van der Waals surface area contributed by atoms with Crippen molar-refractivity contribution in [3.8, 4) is 0 Å². The summed E-state index contributed by atoms with van der Waals surface area (Å²) in [5, 5.41) is 6.77. The Kier molecular flexibility index (Phi) is 4.29. The topological polar surface area (TPSA) is 41.6 Å². The number of hydrogen-bond donors (Lipinski definition) is 1. The average molecular weight is 214 g/mol. The largest absolute Gasteiger partial charge is 0.263 e. The summed E-state index contributed by atoms with van der Waals surface area (Å²) in [5.41, 5.74) is 0. The van der Waals surface area contributed by atoms with Gasteiger partial charge in [-0.1, -0.05) is 13.8 Å². The first kappa shape index (κ1) is 10.2. The molecule has 4 heteroatoms. The van der Waals surface area contributed by atoms with Gasteiger partial charge in [0.1, 0.15) is 5.82 Å². The Bertz CT molecular complexity index is 195. The molecule has 53 valence electrons. The van der Waals surface area contributed by atoms with E-state index in [4.69, 9.17) is 0 Å². The minimum Gasteiger partial charge on any atom is -0.263 e. The number of aryl methyl sites for hydroxylation is 1. The van der Waals surface area contributed by atoms with Crippen molar-refractivity contribution in [3.05, 3.63) is 11.6 Å². The van der Waals surface area contributed by atoms with Gasteiger partial charge in [-0.15, -0.1) is 0 Å². The third-order valence-electron chi connectivity index (χ3n) is 1.13. The maximum atomic E-state index is 4.14. The summed E-state index contributed by atoms with van der Waals surface area (Å²) >= 11 is 0. The average Bonchev–Trinajstić information content (AvgIpc) is 2.14. The number of rotatable bonds is 1. The van der Waals surface area contributed by atoms with E-state index in [-0.39, 0.29) is 32.7 Å². The quantitative estimate of drug-likeness (QED) is 0.763. The van der Waals surface area contributed by atoms with Crippen molar-refractivity contribution < 1.29 is 32.7 Å². The molecule has 0 aliphatic carbocycles. The summed E-state index contributed by atoms with van der Waals surface area (Å²) in [6.07, 6.45) is 0. The van der Waals surface area contributed by atoms with Crippen LogP contribution in [0.3, 0.4) is 0 Å². The zero-order chi connectivity index (χ0) is 6.85. The Morgan fingerprint density at radius 3 is 2.20 bits per heavy atom. The maximum Gasteiger partial charge on any atom is 0.153 e. The summed E-state index contributed by atoms with van der Waals surface area (Å²) in [4.78, 5) is 4.14. The van der Waals surface area contributed by atoms with Crippen molar-refractivity contribution >= 4 is 0 Å². The smallest absolute Gasteiger partial charge is 0.153 e. The molecule has 0 bridgehead atoms. The van der Waals surface area contributed by atoms with Crippen molar-refractivity contribution in [1.29, 1.82) is 0 Å². The van der Waals surface area contributed by atoms with Crippen molar-refractivity contribution in [2.24, 2.45) is 0 Å². The molecule has 1 radical (unpaired) electrons. The van der Waals surface area contributed by atoms with E-state index in [1.54, 1.807) is 0 Å². The van der Waals surface area contributed by atoms with Crippen molar-refractivity contribution in [3.63, 3.8) is 0 Å². The second kappa shape index (κ2) is 4.19. The summed E-state index contributed by atoms with van der Waals surface area (Å²) in [6, 6.07) is 0. The van der Waals surface area contributed by atoms with Gasteiger partial charge in [0.15, 0.2) is 5.82 Å². The Labute approximate surface area is 85.9 Å². The predicted octanol–water partition coefficient (Wildman–Crippen LogP) is 1.23. The number of nitrogens with zero attached hydrogens (tertiary/aromatic N) is 2. The molecular weight excluding hydrogens is 203 g/mol. The van der Waals surface area contributed by atoms with Crippen LogP contribution in [0.1, 0.15) is 31.4 Å². The minimum absolute atomic E-state index is 0. The van der Waals surface area contributed by atoms with Gasteiger partial charge < -0.3 is 0 Å². The third kappa shape index (κ3) is 2.47. The molecule has 1 aromatic rings. The second-order valence-electron chi connectivity index (χ2n) is 2.43. The van der Waals surface area contributed by atoms with E-state index in [0.717, 1.165) is 11.6 Å². The Balaban J connectivity index is 0.000000810. The fraction of sp³-hybridized carbons (Fsp3) is 0.667. The van der Waals surface area contributed by atoms with Crippen LogP contribution in [0.25, 0.3) is 0 Å². The third-order valence-corrected chi connectivity index (χ3v) is 1.13. The fourth-order valence-corrected chi connectivity index (χ4v) is 0.618. The van der Waals surface area contributed by atoms with Crippen LogP contribution in [0.2, 0.25) is 0 Å². The van der Waals surface area contributed by atoms with E-state index in [1.807, 2.05) is 6.92 Å². The first-order valence-electron chi connectivity index (χ1n) is 3.09. The van der Waals surface area contributed by atoms with Gasteiger partial charge in [-0.3, -0.25) is 5.10 Å². The van der Waals surface area contributed by atoms with E-state index in [0.29, 0.717) is 5.92 Å². The van der Waals surface area contributed by atoms with Gasteiger partial charge in [0, 0.05) is 38.6 Å². The molecule has 0 saturated carbocycles. The second-order valence-corrected chi connectivity index (χ2v) is 2.43. The van der Waals surface area contributed by atoms with E-state index < -0.39 is 0 Å². The molecule has 0 spiro atoms. The number of nitrogens with one attached hydrogen (secondary N) is 1. The van der Waals surface area contributed by atoms with Crippen LogP contribution in [-0.2, 0) is 32.7 Å². The number of aromatic nitrogens is 3. The number of H-pyrrole nitrogens is 1. The van der Waals surface area contributed by atoms with E-state index in [2.05, 4.69) is 29.0 Å². The summed E-state index contributed by atoms with van der Waals surface area (Å²) in [7, 11) is 0. The Morgan fingerprint density at radius 1 is 1.40 bits per heavy atom. The van der Waals surface area contributed by atoms with Gasteiger partial charge >= 0.3 is 0 Å². The molecule has 1 N–H and O–H groups in total. The first-order valence-corrected chi connectivity index (χ1v) is 3.09. The first-order chi connectivity index (χ1) is 4.20. The zero-order valence-corrected chi connectivity index (χ0v) is 9.39. The van der Waals surface area contributed by atoms with E-state index in [1.165, 1.54) is 0 Å². The Hall–Kier alpha value is 0.244. The van der Waals surface area contributed by atoms with Crippen LogP contribution >= 0.6 is 0 Å². The monoisotopic (exact) mass is 214 g/mol. The predicted molar refractivity (Wildman–Crippen MR) is 35.2 cm³/mol. The van der Waals surface area contributed by atoms with Crippen molar-refractivity contribution in [2.75, 3.05) is 0 Å². The SMILES string of the molecule is Cc1nc(C(C)C)n[nH]1.[Y]. The summed E-state index contributed by atoms with van der Waals surface area (Å²) in [5.74, 6) is 2.21. The molecule has 0 unspecified atom stereocenters. The molecule has 0 fully saturated rings. The molecule has 1 heterocycles. The molecule has 0 aliphatic rings. The summed E-state index contributed by atoms with van der Waals surface area (Å²) in [6.45, 7) is 6.05. The van der Waals surface area contributed by atoms with Crippen LogP contribution < -0.4 is 0 Å².